The highest BCUT2D eigenvalue weighted by atomic mass is 127. The van der Waals surface area contributed by atoms with Crippen molar-refractivity contribution in [3.05, 3.63) is 61.3 Å². The van der Waals surface area contributed by atoms with Gasteiger partial charge >= 0.3 is 0 Å². The molecule has 0 saturated heterocycles. The van der Waals surface area contributed by atoms with E-state index < -0.39 is 5.82 Å². The summed E-state index contributed by atoms with van der Waals surface area (Å²) in [5.74, 6) is -0.566. The van der Waals surface area contributed by atoms with Crippen LogP contribution in [0.15, 0.2) is 35.3 Å². The van der Waals surface area contributed by atoms with Crippen LogP contribution in [0.2, 0.25) is 0 Å². The van der Waals surface area contributed by atoms with Crippen molar-refractivity contribution in [1.29, 1.82) is 5.26 Å². The van der Waals surface area contributed by atoms with Crippen LogP contribution in [-0.2, 0) is 6.54 Å². The summed E-state index contributed by atoms with van der Waals surface area (Å²) >= 11 is 2.00. The second kappa shape index (κ2) is 5.27. The first-order valence-corrected chi connectivity index (χ1v) is 6.09. The average molecular weight is 355 g/mol. The van der Waals surface area contributed by atoms with Crippen LogP contribution >= 0.6 is 22.6 Å². The molecule has 0 aliphatic rings. The van der Waals surface area contributed by atoms with E-state index in [2.05, 4.69) is 5.10 Å². The maximum absolute atomic E-state index is 13.1. The van der Waals surface area contributed by atoms with Gasteiger partial charge in [0.1, 0.15) is 11.9 Å². The largest absolute Gasteiger partial charge is 0.268 e. The van der Waals surface area contributed by atoms with Crippen molar-refractivity contribution in [2.24, 2.45) is 0 Å². The lowest BCUT2D eigenvalue weighted by atomic mass is 10.1. The first-order chi connectivity index (χ1) is 8.60. The Bertz CT molecular complexity index is 690. The van der Waals surface area contributed by atoms with E-state index >= 15 is 0 Å². The monoisotopic (exact) mass is 355 g/mol. The van der Waals surface area contributed by atoms with E-state index in [-0.39, 0.29) is 17.7 Å². The van der Waals surface area contributed by atoms with Crippen LogP contribution in [0, 0.1) is 20.7 Å². The minimum absolute atomic E-state index is 0.0361. The van der Waals surface area contributed by atoms with Crippen LogP contribution in [0.1, 0.15) is 11.1 Å². The van der Waals surface area contributed by atoms with Gasteiger partial charge in [0.2, 0.25) is 0 Å². The van der Waals surface area contributed by atoms with Gasteiger partial charge < -0.3 is 0 Å². The van der Waals surface area contributed by atoms with Crippen molar-refractivity contribution in [2.75, 3.05) is 0 Å². The van der Waals surface area contributed by atoms with E-state index in [1.165, 1.54) is 28.9 Å². The molecular weight excluding hydrogens is 348 g/mol. The number of rotatable bonds is 2. The quantitative estimate of drug-likeness (QED) is 0.774. The summed E-state index contributed by atoms with van der Waals surface area (Å²) in [6.45, 7) is 0.213. The van der Waals surface area contributed by atoms with Gasteiger partial charge in [-0.25, -0.2) is 9.07 Å². The molecule has 18 heavy (non-hydrogen) atoms. The summed E-state index contributed by atoms with van der Waals surface area (Å²) in [5, 5.41) is 12.7. The zero-order valence-corrected chi connectivity index (χ0v) is 11.3. The van der Waals surface area contributed by atoms with Gasteiger partial charge in [0.25, 0.3) is 5.56 Å². The summed E-state index contributed by atoms with van der Waals surface area (Å²) in [4.78, 5) is 11.6. The first kappa shape index (κ1) is 12.7. The Labute approximate surface area is 116 Å². The molecule has 0 fully saturated rings. The molecule has 0 bridgehead atoms. The Kier molecular flexibility index (Phi) is 3.72. The van der Waals surface area contributed by atoms with E-state index in [4.69, 9.17) is 5.26 Å². The zero-order valence-electron chi connectivity index (χ0n) is 9.10. The maximum Gasteiger partial charge on any atom is 0.268 e. The highest BCUT2D eigenvalue weighted by Crippen LogP contribution is 2.10. The molecule has 1 aromatic carbocycles. The topological polar surface area (TPSA) is 58.7 Å². The molecule has 0 amide bonds. The van der Waals surface area contributed by atoms with Crippen molar-refractivity contribution >= 4 is 22.6 Å². The van der Waals surface area contributed by atoms with Crippen molar-refractivity contribution in [2.45, 2.75) is 6.54 Å². The fraction of sp³-hybridized carbons (Fsp3) is 0.0833. The number of aromatic nitrogens is 2. The van der Waals surface area contributed by atoms with Gasteiger partial charge in [0.15, 0.2) is 0 Å². The van der Waals surface area contributed by atoms with E-state index in [1.54, 1.807) is 12.3 Å². The number of halogens is 2. The molecule has 0 saturated carbocycles. The van der Waals surface area contributed by atoms with Crippen molar-refractivity contribution in [3.63, 3.8) is 0 Å². The molecule has 0 aliphatic heterocycles. The normalized spacial score (nSPS) is 10.1. The maximum atomic E-state index is 13.1. The molecule has 2 rings (SSSR count). The molecule has 90 valence electrons. The summed E-state index contributed by atoms with van der Waals surface area (Å²) < 4.78 is 15.1. The van der Waals surface area contributed by atoms with Gasteiger partial charge in [-0.3, -0.25) is 4.79 Å². The molecule has 0 aliphatic carbocycles. The molecule has 1 heterocycles. The third-order valence-corrected chi connectivity index (χ3v) is 2.91. The second-order valence-electron chi connectivity index (χ2n) is 3.60. The number of nitriles is 1. The predicted octanol–water partition coefficient (Wildman–Crippen LogP) is 1.91. The van der Waals surface area contributed by atoms with Crippen LogP contribution in [-0.4, -0.2) is 9.78 Å². The Morgan fingerprint density at radius 2 is 2.22 bits per heavy atom. The third-order valence-electron chi connectivity index (χ3n) is 2.32. The lowest BCUT2D eigenvalue weighted by Crippen LogP contribution is -2.22. The molecule has 0 radical (unpaired) electrons. The molecule has 0 unspecified atom stereocenters. The summed E-state index contributed by atoms with van der Waals surface area (Å²) in [5.41, 5.74) is 0.388. The summed E-state index contributed by atoms with van der Waals surface area (Å²) in [6.07, 6.45) is 1.57. The molecule has 2 aromatic rings. The van der Waals surface area contributed by atoms with E-state index in [0.29, 0.717) is 5.56 Å². The lowest BCUT2D eigenvalue weighted by molar-refractivity contribution is 0.615. The molecule has 0 atom stereocenters. The first-order valence-electron chi connectivity index (χ1n) is 5.01. The highest BCUT2D eigenvalue weighted by molar-refractivity contribution is 14.1. The minimum atomic E-state index is -0.566. The number of hydrogen-bond acceptors (Lipinski definition) is 3. The zero-order chi connectivity index (χ0) is 13.1. The minimum Gasteiger partial charge on any atom is -0.268 e. The summed E-state index contributed by atoms with van der Waals surface area (Å²) in [7, 11) is 0. The number of benzene rings is 1. The van der Waals surface area contributed by atoms with E-state index in [9.17, 15) is 9.18 Å². The van der Waals surface area contributed by atoms with Gasteiger partial charge in [-0.1, -0.05) is 6.07 Å². The van der Waals surface area contributed by atoms with Crippen LogP contribution in [0.25, 0.3) is 0 Å². The van der Waals surface area contributed by atoms with Crippen LogP contribution in [0.3, 0.4) is 0 Å². The Morgan fingerprint density at radius 1 is 1.44 bits per heavy atom. The smallest absolute Gasteiger partial charge is 0.268 e. The SMILES string of the molecule is N#Cc1cc(Cn2ncc(I)cc2=O)ccc1F. The molecular formula is C12H7FIN3O. The van der Waals surface area contributed by atoms with Crippen molar-refractivity contribution in [3.8, 4) is 6.07 Å². The predicted molar refractivity (Wildman–Crippen MR) is 71.4 cm³/mol. The third kappa shape index (κ3) is 2.73. The van der Waals surface area contributed by atoms with E-state index in [1.807, 2.05) is 22.6 Å². The van der Waals surface area contributed by atoms with Crippen molar-refractivity contribution < 1.29 is 4.39 Å². The standard InChI is InChI=1S/C12H7FIN3O/c13-11-2-1-8(3-9(11)5-15)7-17-12(18)4-10(14)6-16-17/h1-4,6H,7H2. The Morgan fingerprint density at radius 3 is 2.89 bits per heavy atom. The van der Waals surface area contributed by atoms with Gasteiger partial charge in [0.05, 0.1) is 18.3 Å². The Hall–Kier alpha value is -1.75. The number of nitrogens with zero attached hydrogens (tertiary/aromatic N) is 3. The molecule has 1 aromatic heterocycles. The van der Waals surface area contributed by atoms with Gasteiger partial charge in [-0.15, -0.1) is 0 Å². The van der Waals surface area contributed by atoms with Gasteiger partial charge in [-0.05, 0) is 40.3 Å². The number of hydrogen-bond donors (Lipinski definition) is 0. The van der Waals surface area contributed by atoms with Crippen molar-refractivity contribution in [1.82, 2.24) is 9.78 Å². The van der Waals surface area contributed by atoms with Crippen LogP contribution in [0.4, 0.5) is 4.39 Å². The van der Waals surface area contributed by atoms with E-state index in [0.717, 1.165) is 3.57 Å². The Balaban J connectivity index is 2.35. The fourth-order valence-electron chi connectivity index (χ4n) is 1.46. The highest BCUT2D eigenvalue weighted by Gasteiger charge is 2.05. The van der Waals surface area contributed by atoms with Gasteiger partial charge in [-0.2, -0.15) is 10.4 Å². The summed E-state index contributed by atoms with van der Waals surface area (Å²) in [6, 6.07) is 7.38. The van der Waals surface area contributed by atoms with Gasteiger partial charge in [0, 0.05) is 9.64 Å². The van der Waals surface area contributed by atoms with Crippen LogP contribution in [0.5, 0.6) is 0 Å². The lowest BCUT2D eigenvalue weighted by Gasteiger charge is -2.05. The average Bonchev–Trinajstić information content (AvgIpc) is 2.35. The molecule has 0 N–H and O–H groups in total. The molecule has 0 spiro atoms. The molecule has 4 nitrogen and oxygen atoms in total. The molecule has 6 heteroatoms. The van der Waals surface area contributed by atoms with Crippen LogP contribution < -0.4 is 5.56 Å². The second-order valence-corrected chi connectivity index (χ2v) is 4.84. The fourth-order valence-corrected chi connectivity index (χ4v) is 1.85.